The lowest BCUT2D eigenvalue weighted by Gasteiger charge is -2.41. The number of likely N-dealkylation sites (N-methyl/N-ethyl adjacent to an activating group) is 1. The first-order valence-corrected chi connectivity index (χ1v) is 11.5. The molecule has 2 saturated carbocycles. The van der Waals surface area contributed by atoms with Crippen LogP contribution in [0.25, 0.3) is 0 Å². The number of nitrogens with zero attached hydrogens (tertiary/aromatic N) is 2. The van der Waals surface area contributed by atoms with Gasteiger partial charge in [-0.1, -0.05) is 30.3 Å². The van der Waals surface area contributed by atoms with Gasteiger partial charge >= 0.3 is 0 Å². The predicted octanol–water partition coefficient (Wildman–Crippen LogP) is 3.64. The van der Waals surface area contributed by atoms with Gasteiger partial charge in [0.1, 0.15) is 0 Å². The number of rotatable bonds is 4. The third-order valence-electron chi connectivity index (χ3n) is 7.47. The van der Waals surface area contributed by atoms with Crippen molar-refractivity contribution >= 4 is 5.91 Å². The van der Waals surface area contributed by atoms with E-state index in [1.165, 1.54) is 44.6 Å². The van der Waals surface area contributed by atoms with Crippen molar-refractivity contribution in [1.29, 1.82) is 0 Å². The highest BCUT2D eigenvalue weighted by Gasteiger charge is 2.31. The van der Waals surface area contributed by atoms with E-state index >= 15 is 0 Å². The van der Waals surface area contributed by atoms with Gasteiger partial charge in [0, 0.05) is 44.2 Å². The maximum Gasteiger partial charge on any atom is 0.223 e. The summed E-state index contributed by atoms with van der Waals surface area (Å²) in [6.45, 7) is 4.82. The molecule has 4 rings (SSSR count). The second-order valence-corrected chi connectivity index (χ2v) is 9.31. The van der Waals surface area contributed by atoms with Gasteiger partial charge in [0.25, 0.3) is 0 Å². The number of benzene rings is 1. The Kier molecular flexibility index (Phi) is 6.69. The van der Waals surface area contributed by atoms with E-state index in [2.05, 4.69) is 52.5 Å². The lowest BCUT2D eigenvalue weighted by molar-refractivity contribution is -0.127. The van der Waals surface area contributed by atoms with Crippen LogP contribution in [0.5, 0.6) is 0 Å². The van der Waals surface area contributed by atoms with Crippen LogP contribution >= 0.6 is 0 Å². The lowest BCUT2D eigenvalue weighted by atomic mass is 9.78. The highest BCUT2D eigenvalue weighted by molar-refractivity contribution is 5.79. The molecule has 3 aliphatic rings. The minimum Gasteiger partial charge on any atom is -0.353 e. The summed E-state index contributed by atoms with van der Waals surface area (Å²) in [5.74, 6) is 1.20. The van der Waals surface area contributed by atoms with E-state index in [1.807, 2.05) is 0 Å². The SMILES string of the molecule is CN1CCN(C2CCC(NC(=O)C3CCC(c4ccccc4)CC3)CC2)CC1. The van der Waals surface area contributed by atoms with Crippen molar-refractivity contribution in [2.75, 3.05) is 33.2 Å². The van der Waals surface area contributed by atoms with Crippen LogP contribution in [0.4, 0.5) is 0 Å². The summed E-state index contributed by atoms with van der Waals surface area (Å²) in [5.41, 5.74) is 1.45. The third-order valence-corrected chi connectivity index (χ3v) is 7.47. The number of carbonyl (C=O) groups is 1. The van der Waals surface area contributed by atoms with Crippen LogP contribution in [-0.2, 0) is 4.79 Å². The highest BCUT2D eigenvalue weighted by atomic mass is 16.1. The molecule has 1 saturated heterocycles. The molecular weight excluding hydrogens is 346 g/mol. The van der Waals surface area contributed by atoms with E-state index in [9.17, 15) is 4.79 Å². The largest absolute Gasteiger partial charge is 0.353 e. The molecule has 28 heavy (non-hydrogen) atoms. The first-order chi connectivity index (χ1) is 13.7. The zero-order chi connectivity index (χ0) is 19.3. The van der Waals surface area contributed by atoms with E-state index in [1.54, 1.807) is 0 Å². The monoisotopic (exact) mass is 383 g/mol. The van der Waals surface area contributed by atoms with Crippen molar-refractivity contribution < 1.29 is 4.79 Å². The first-order valence-electron chi connectivity index (χ1n) is 11.5. The molecule has 0 unspecified atom stereocenters. The summed E-state index contributed by atoms with van der Waals surface area (Å²) in [4.78, 5) is 17.9. The van der Waals surface area contributed by atoms with Gasteiger partial charge in [-0.3, -0.25) is 9.69 Å². The van der Waals surface area contributed by atoms with Crippen LogP contribution in [0.15, 0.2) is 30.3 Å². The van der Waals surface area contributed by atoms with Gasteiger partial charge in [-0.2, -0.15) is 0 Å². The molecule has 0 atom stereocenters. The molecule has 1 aromatic rings. The Morgan fingerprint density at radius 3 is 2.14 bits per heavy atom. The minimum atomic E-state index is 0.232. The van der Waals surface area contributed by atoms with Crippen LogP contribution in [0.1, 0.15) is 62.8 Å². The fourth-order valence-corrected chi connectivity index (χ4v) is 5.51. The van der Waals surface area contributed by atoms with Crippen LogP contribution in [0.3, 0.4) is 0 Å². The van der Waals surface area contributed by atoms with E-state index in [-0.39, 0.29) is 5.92 Å². The molecule has 3 fully saturated rings. The molecule has 154 valence electrons. The van der Waals surface area contributed by atoms with Crippen molar-refractivity contribution in [1.82, 2.24) is 15.1 Å². The summed E-state index contributed by atoms with van der Waals surface area (Å²) >= 11 is 0. The van der Waals surface area contributed by atoms with Gasteiger partial charge in [0.05, 0.1) is 0 Å². The average molecular weight is 384 g/mol. The Bertz CT molecular complexity index is 610. The topological polar surface area (TPSA) is 35.6 Å². The van der Waals surface area contributed by atoms with E-state index in [0.29, 0.717) is 17.9 Å². The summed E-state index contributed by atoms with van der Waals surface area (Å²) in [6, 6.07) is 12.0. The fourth-order valence-electron chi connectivity index (χ4n) is 5.51. The molecule has 4 heteroatoms. The molecule has 0 radical (unpaired) electrons. The highest BCUT2D eigenvalue weighted by Crippen LogP contribution is 2.36. The number of hydrogen-bond donors (Lipinski definition) is 1. The van der Waals surface area contributed by atoms with Gasteiger partial charge in [-0.15, -0.1) is 0 Å². The number of piperazine rings is 1. The molecule has 0 aromatic heterocycles. The minimum absolute atomic E-state index is 0.232. The van der Waals surface area contributed by atoms with Crippen molar-refractivity contribution in [2.45, 2.75) is 69.4 Å². The zero-order valence-corrected chi connectivity index (χ0v) is 17.5. The predicted molar refractivity (Wildman–Crippen MR) is 114 cm³/mol. The standard InChI is InChI=1S/C24H37N3O/c1-26-15-17-27(18-16-26)23-13-11-22(12-14-23)25-24(28)21-9-7-20(8-10-21)19-5-3-2-4-6-19/h2-6,20-23H,7-18H2,1H3,(H,25,28). The van der Waals surface area contributed by atoms with E-state index < -0.39 is 0 Å². The van der Waals surface area contributed by atoms with Crippen molar-refractivity contribution in [2.24, 2.45) is 5.92 Å². The zero-order valence-electron chi connectivity index (χ0n) is 17.5. The summed E-state index contributed by atoms with van der Waals surface area (Å²) < 4.78 is 0. The smallest absolute Gasteiger partial charge is 0.223 e. The maximum absolute atomic E-state index is 12.8. The van der Waals surface area contributed by atoms with Gasteiger partial charge in [-0.05, 0) is 69.9 Å². The van der Waals surface area contributed by atoms with Crippen molar-refractivity contribution in [3.05, 3.63) is 35.9 Å². The number of nitrogens with one attached hydrogen (secondary N) is 1. The Balaban J connectivity index is 1.18. The average Bonchev–Trinajstić information content (AvgIpc) is 2.76. The summed E-state index contributed by atoms with van der Waals surface area (Å²) in [6.07, 6.45) is 9.19. The Hall–Kier alpha value is -1.39. The third kappa shape index (κ3) is 4.96. The van der Waals surface area contributed by atoms with Crippen LogP contribution in [-0.4, -0.2) is 61.0 Å². The normalized spacial score (nSPS) is 32.8. The Labute approximate surface area is 170 Å². The van der Waals surface area contributed by atoms with Crippen LogP contribution in [0.2, 0.25) is 0 Å². The lowest BCUT2D eigenvalue weighted by Crippen LogP contribution is -2.51. The van der Waals surface area contributed by atoms with Gasteiger partial charge in [0.2, 0.25) is 5.91 Å². The van der Waals surface area contributed by atoms with Crippen LogP contribution < -0.4 is 5.32 Å². The summed E-state index contributed by atoms with van der Waals surface area (Å²) in [5, 5.41) is 3.41. The molecule has 1 aliphatic heterocycles. The van der Waals surface area contributed by atoms with Crippen molar-refractivity contribution in [3.63, 3.8) is 0 Å². The number of amides is 1. The molecule has 0 bridgehead atoms. The molecule has 1 N–H and O–H groups in total. The van der Waals surface area contributed by atoms with Crippen molar-refractivity contribution in [3.8, 4) is 0 Å². The number of carbonyl (C=O) groups excluding carboxylic acids is 1. The van der Waals surface area contributed by atoms with Gasteiger partial charge in [-0.25, -0.2) is 0 Å². The molecule has 4 nitrogen and oxygen atoms in total. The number of hydrogen-bond acceptors (Lipinski definition) is 3. The molecule has 2 aliphatic carbocycles. The van der Waals surface area contributed by atoms with E-state index in [4.69, 9.17) is 0 Å². The Morgan fingerprint density at radius 1 is 0.857 bits per heavy atom. The molecule has 1 aromatic carbocycles. The summed E-state index contributed by atoms with van der Waals surface area (Å²) in [7, 11) is 2.22. The molecule has 1 amide bonds. The quantitative estimate of drug-likeness (QED) is 0.862. The molecule has 0 spiro atoms. The fraction of sp³-hybridized carbons (Fsp3) is 0.708. The molecular formula is C24H37N3O. The van der Waals surface area contributed by atoms with E-state index in [0.717, 1.165) is 44.6 Å². The first kappa shape index (κ1) is 19.9. The van der Waals surface area contributed by atoms with Gasteiger partial charge < -0.3 is 10.2 Å². The second kappa shape index (κ2) is 9.41. The Morgan fingerprint density at radius 2 is 1.50 bits per heavy atom. The molecule has 1 heterocycles. The van der Waals surface area contributed by atoms with Gasteiger partial charge in [0.15, 0.2) is 0 Å². The van der Waals surface area contributed by atoms with Crippen LogP contribution in [0, 0.1) is 5.92 Å². The second-order valence-electron chi connectivity index (χ2n) is 9.31. The maximum atomic E-state index is 12.8.